The van der Waals surface area contributed by atoms with Gasteiger partial charge in [-0.05, 0) is 42.0 Å². The first-order chi connectivity index (χ1) is 13.6. The van der Waals surface area contributed by atoms with Gasteiger partial charge >= 0.3 is 0 Å². The quantitative estimate of drug-likeness (QED) is 0.191. The van der Waals surface area contributed by atoms with Crippen molar-refractivity contribution < 1.29 is 9.53 Å². The van der Waals surface area contributed by atoms with Crippen LogP contribution in [0.2, 0.25) is 5.02 Å². The molecule has 0 bridgehead atoms. The Balaban J connectivity index is 1.56. The highest BCUT2D eigenvalue weighted by atomic mass is 35.5. The number of nitrogens with two attached hydrogens (primary N) is 1. The van der Waals surface area contributed by atoms with Crippen LogP contribution in [0.15, 0.2) is 58.8 Å². The van der Waals surface area contributed by atoms with Gasteiger partial charge in [-0.15, -0.1) is 10.2 Å². The lowest BCUT2D eigenvalue weighted by atomic mass is 10.1. The average molecular weight is 417 g/mol. The number of nitrogen functional groups attached to an aromatic ring is 1. The van der Waals surface area contributed by atoms with E-state index >= 15 is 0 Å². The van der Waals surface area contributed by atoms with Crippen LogP contribution in [-0.2, 0) is 0 Å². The third kappa shape index (κ3) is 5.02. The number of ketones is 1. The SMILES string of the molecule is COc1ccc(C(=O)CSc2nnc(N/N=C/c3ccc(Cl)cc3)n2N)cc1. The number of ether oxygens (including phenoxy) is 1. The van der Waals surface area contributed by atoms with Crippen LogP contribution in [0, 0.1) is 0 Å². The Hall–Kier alpha value is -3.04. The van der Waals surface area contributed by atoms with Crippen LogP contribution in [0.1, 0.15) is 15.9 Å². The fourth-order valence-corrected chi connectivity index (χ4v) is 3.03. The Morgan fingerprint density at radius 2 is 1.96 bits per heavy atom. The molecule has 1 aromatic heterocycles. The molecule has 1 heterocycles. The summed E-state index contributed by atoms with van der Waals surface area (Å²) in [6.45, 7) is 0. The maximum Gasteiger partial charge on any atom is 0.264 e. The predicted octanol–water partition coefficient (Wildman–Crippen LogP) is 3.07. The Bertz CT molecular complexity index is 973. The van der Waals surface area contributed by atoms with E-state index < -0.39 is 0 Å². The van der Waals surface area contributed by atoms with Gasteiger partial charge in [-0.2, -0.15) is 5.10 Å². The molecule has 0 radical (unpaired) electrons. The highest BCUT2D eigenvalue weighted by molar-refractivity contribution is 7.99. The molecular formula is C18H17ClN6O2S. The zero-order valence-corrected chi connectivity index (χ0v) is 16.4. The van der Waals surface area contributed by atoms with Gasteiger partial charge in [-0.1, -0.05) is 35.5 Å². The lowest BCUT2D eigenvalue weighted by Crippen LogP contribution is -2.14. The van der Waals surface area contributed by atoms with Gasteiger partial charge in [0.05, 0.1) is 19.1 Å². The fourth-order valence-electron chi connectivity index (χ4n) is 2.16. The molecule has 3 N–H and O–H groups in total. The van der Waals surface area contributed by atoms with Crippen LogP contribution in [0.25, 0.3) is 0 Å². The van der Waals surface area contributed by atoms with E-state index in [0.717, 1.165) is 5.56 Å². The minimum absolute atomic E-state index is 0.0501. The third-order valence-corrected chi connectivity index (χ3v) is 4.85. The van der Waals surface area contributed by atoms with E-state index in [-0.39, 0.29) is 17.5 Å². The number of rotatable bonds is 8. The first kappa shape index (κ1) is 19.7. The Morgan fingerprint density at radius 3 is 2.64 bits per heavy atom. The smallest absolute Gasteiger partial charge is 0.264 e. The first-order valence-corrected chi connectivity index (χ1v) is 9.48. The van der Waals surface area contributed by atoms with Gasteiger partial charge in [0.1, 0.15) is 5.75 Å². The predicted molar refractivity (Wildman–Crippen MR) is 111 cm³/mol. The number of nitrogens with one attached hydrogen (secondary N) is 1. The number of hydrazone groups is 1. The largest absolute Gasteiger partial charge is 0.497 e. The van der Waals surface area contributed by atoms with Crippen molar-refractivity contribution in [3.63, 3.8) is 0 Å². The van der Waals surface area contributed by atoms with Gasteiger partial charge in [-0.25, -0.2) is 10.1 Å². The Kier molecular flexibility index (Phi) is 6.51. The van der Waals surface area contributed by atoms with E-state index in [4.69, 9.17) is 22.2 Å². The van der Waals surface area contributed by atoms with Gasteiger partial charge < -0.3 is 10.6 Å². The van der Waals surface area contributed by atoms with Gasteiger partial charge in [0.2, 0.25) is 5.16 Å². The van der Waals surface area contributed by atoms with Gasteiger partial charge in [0, 0.05) is 10.6 Å². The van der Waals surface area contributed by atoms with E-state index in [9.17, 15) is 4.79 Å². The second-order valence-corrected chi connectivity index (χ2v) is 6.92. The molecule has 0 aliphatic rings. The molecule has 0 unspecified atom stereocenters. The molecule has 8 nitrogen and oxygen atoms in total. The number of carbonyl (C=O) groups is 1. The fraction of sp³-hybridized carbons (Fsp3) is 0.111. The lowest BCUT2D eigenvalue weighted by Gasteiger charge is -2.04. The van der Waals surface area contributed by atoms with Crippen molar-refractivity contribution in [1.29, 1.82) is 0 Å². The van der Waals surface area contributed by atoms with Crippen LogP contribution in [0.3, 0.4) is 0 Å². The topological polar surface area (TPSA) is 107 Å². The van der Waals surface area contributed by atoms with E-state index in [1.54, 1.807) is 49.7 Å². The number of halogens is 1. The summed E-state index contributed by atoms with van der Waals surface area (Å²) in [7, 11) is 1.58. The number of hydrogen-bond acceptors (Lipinski definition) is 8. The van der Waals surface area contributed by atoms with Gasteiger partial charge in [-0.3, -0.25) is 4.79 Å². The van der Waals surface area contributed by atoms with Crippen LogP contribution in [0.5, 0.6) is 5.75 Å². The summed E-state index contributed by atoms with van der Waals surface area (Å²) in [5, 5.41) is 13.0. The molecule has 0 saturated carbocycles. The molecule has 0 spiro atoms. The normalized spacial score (nSPS) is 10.9. The second kappa shape index (κ2) is 9.25. The number of thioether (sulfide) groups is 1. The maximum absolute atomic E-state index is 12.3. The Morgan fingerprint density at radius 1 is 1.25 bits per heavy atom. The van der Waals surface area contributed by atoms with Crippen molar-refractivity contribution in [3.8, 4) is 5.75 Å². The van der Waals surface area contributed by atoms with Crippen LogP contribution in [0.4, 0.5) is 5.95 Å². The number of nitrogens with zero attached hydrogens (tertiary/aromatic N) is 4. The zero-order chi connectivity index (χ0) is 19.9. The van der Waals surface area contributed by atoms with Crippen molar-refractivity contribution in [2.75, 3.05) is 24.1 Å². The number of carbonyl (C=O) groups excluding carboxylic acids is 1. The van der Waals surface area contributed by atoms with Crippen molar-refractivity contribution in [1.82, 2.24) is 14.9 Å². The summed E-state index contributed by atoms with van der Waals surface area (Å²) in [6, 6.07) is 14.1. The molecule has 0 saturated heterocycles. The van der Waals surface area contributed by atoms with Crippen LogP contribution in [-0.4, -0.2) is 39.7 Å². The van der Waals surface area contributed by atoms with E-state index in [2.05, 4.69) is 20.7 Å². The third-order valence-electron chi connectivity index (χ3n) is 3.66. The van der Waals surface area contributed by atoms with Crippen LogP contribution < -0.4 is 16.0 Å². The zero-order valence-electron chi connectivity index (χ0n) is 14.9. The highest BCUT2D eigenvalue weighted by Crippen LogP contribution is 2.19. The summed E-state index contributed by atoms with van der Waals surface area (Å²) in [4.78, 5) is 12.3. The highest BCUT2D eigenvalue weighted by Gasteiger charge is 2.13. The monoisotopic (exact) mass is 416 g/mol. The number of hydrogen-bond donors (Lipinski definition) is 2. The minimum atomic E-state index is -0.0501. The summed E-state index contributed by atoms with van der Waals surface area (Å²) < 4.78 is 6.32. The second-order valence-electron chi connectivity index (χ2n) is 5.54. The molecule has 0 fully saturated rings. The summed E-state index contributed by atoms with van der Waals surface area (Å²) in [5.74, 6) is 7.03. The number of benzene rings is 2. The van der Waals surface area contributed by atoms with E-state index in [0.29, 0.717) is 21.5 Å². The lowest BCUT2D eigenvalue weighted by molar-refractivity contribution is 0.102. The molecule has 3 rings (SSSR count). The Labute approximate surface area is 170 Å². The number of aromatic nitrogens is 3. The number of methoxy groups -OCH3 is 1. The van der Waals surface area contributed by atoms with E-state index in [1.807, 2.05) is 12.1 Å². The van der Waals surface area contributed by atoms with E-state index in [1.165, 1.54) is 16.4 Å². The first-order valence-electron chi connectivity index (χ1n) is 8.12. The molecule has 144 valence electrons. The molecule has 0 aliphatic heterocycles. The molecular weight excluding hydrogens is 400 g/mol. The number of anilines is 1. The maximum atomic E-state index is 12.3. The van der Waals surface area contributed by atoms with Gasteiger partial charge in [0.15, 0.2) is 5.78 Å². The number of Topliss-reactive ketones (excluding diaryl/α,β-unsaturated/α-hetero) is 1. The molecule has 3 aromatic rings. The molecule has 28 heavy (non-hydrogen) atoms. The average Bonchev–Trinajstić information content (AvgIpc) is 3.07. The van der Waals surface area contributed by atoms with Crippen molar-refractivity contribution in [3.05, 3.63) is 64.7 Å². The summed E-state index contributed by atoms with van der Waals surface area (Å²) in [6.07, 6.45) is 1.60. The minimum Gasteiger partial charge on any atom is -0.497 e. The molecule has 0 atom stereocenters. The summed E-state index contributed by atoms with van der Waals surface area (Å²) >= 11 is 7.03. The van der Waals surface area contributed by atoms with Crippen molar-refractivity contribution in [2.24, 2.45) is 5.10 Å². The van der Waals surface area contributed by atoms with Crippen LogP contribution >= 0.6 is 23.4 Å². The standard InChI is InChI=1S/C18H17ClN6O2S/c1-27-15-8-4-13(5-9-15)16(26)11-28-18-24-23-17(25(18)20)22-21-10-12-2-6-14(19)7-3-12/h2-10H,11,20H2,1H3,(H,22,23)/b21-10+. The summed E-state index contributed by atoms with van der Waals surface area (Å²) in [5.41, 5.74) is 4.16. The van der Waals surface area contributed by atoms with Crippen molar-refractivity contribution in [2.45, 2.75) is 5.16 Å². The van der Waals surface area contributed by atoms with Crippen molar-refractivity contribution >= 4 is 41.3 Å². The molecule has 0 amide bonds. The van der Waals surface area contributed by atoms with Gasteiger partial charge in [0.25, 0.3) is 5.95 Å². The molecule has 10 heteroatoms. The molecule has 2 aromatic carbocycles. The molecule has 0 aliphatic carbocycles.